The highest BCUT2D eigenvalue weighted by Gasteiger charge is 2.23. The Labute approximate surface area is 141 Å². The Balaban J connectivity index is 2.39. The third kappa shape index (κ3) is 3.51. The van der Waals surface area contributed by atoms with Crippen LogP contribution in [0.2, 0.25) is 0 Å². The van der Waals surface area contributed by atoms with Crippen molar-refractivity contribution in [2.45, 2.75) is 18.7 Å². The van der Waals surface area contributed by atoms with Gasteiger partial charge < -0.3 is 9.84 Å². The second-order valence-corrected chi connectivity index (χ2v) is 7.15. The SMILES string of the molecule is CCOc1ccc(N(C)S(=O)(=O)c2ccc(C)c(C(=O)O)c2)cc1. The maximum absolute atomic E-state index is 12.7. The normalized spacial score (nSPS) is 11.1. The van der Waals surface area contributed by atoms with Crippen LogP contribution in [0.3, 0.4) is 0 Å². The summed E-state index contributed by atoms with van der Waals surface area (Å²) in [5.41, 5.74) is 0.928. The zero-order valence-corrected chi connectivity index (χ0v) is 14.5. The first-order chi connectivity index (χ1) is 11.3. The zero-order chi connectivity index (χ0) is 17.9. The summed E-state index contributed by atoms with van der Waals surface area (Å²) in [5, 5.41) is 9.17. The van der Waals surface area contributed by atoms with Crippen molar-refractivity contribution in [2.24, 2.45) is 0 Å². The minimum Gasteiger partial charge on any atom is -0.494 e. The van der Waals surface area contributed by atoms with Crippen LogP contribution in [-0.4, -0.2) is 33.1 Å². The number of rotatable bonds is 6. The number of carboxylic acids is 1. The Kier molecular flexibility index (Phi) is 5.14. The van der Waals surface area contributed by atoms with Gasteiger partial charge in [-0.05, 0) is 55.8 Å². The fourth-order valence-electron chi connectivity index (χ4n) is 2.21. The predicted octanol–water partition coefficient (Wildman–Crippen LogP) is 2.92. The summed E-state index contributed by atoms with van der Waals surface area (Å²) in [5.74, 6) is -0.510. The van der Waals surface area contributed by atoms with Crippen LogP contribution in [0.25, 0.3) is 0 Å². The molecule has 0 fully saturated rings. The molecule has 6 nitrogen and oxygen atoms in total. The van der Waals surface area contributed by atoms with Crippen LogP contribution in [0.4, 0.5) is 5.69 Å². The van der Waals surface area contributed by atoms with Crippen molar-refractivity contribution in [2.75, 3.05) is 18.0 Å². The number of ether oxygens (including phenoxy) is 1. The van der Waals surface area contributed by atoms with E-state index in [2.05, 4.69) is 0 Å². The number of aryl methyl sites for hydroxylation is 1. The molecule has 0 heterocycles. The number of carboxylic acid groups (broad SMARTS) is 1. The van der Waals surface area contributed by atoms with Gasteiger partial charge in [0.15, 0.2) is 0 Å². The Bertz CT molecular complexity index is 844. The van der Waals surface area contributed by atoms with Crippen molar-refractivity contribution in [3.63, 3.8) is 0 Å². The van der Waals surface area contributed by atoms with E-state index < -0.39 is 16.0 Å². The van der Waals surface area contributed by atoms with Gasteiger partial charge in [0.25, 0.3) is 10.0 Å². The van der Waals surface area contributed by atoms with Crippen LogP contribution in [0.5, 0.6) is 5.75 Å². The highest BCUT2D eigenvalue weighted by Crippen LogP contribution is 2.25. The van der Waals surface area contributed by atoms with Crippen LogP contribution in [0.15, 0.2) is 47.4 Å². The van der Waals surface area contributed by atoms with E-state index in [0.717, 1.165) is 4.31 Å². The first-order valence-electron chi connectivity index (χ1n) is 7.33. The summed E-state index contributed by atoms with van der Waals surface area (Å²) < 4.78 is 31.9. The van der Waals surface area contributed by atoms with Gasteiger partial charge in [0.2, 0.25) is 0 Å². The fourth-order valence-corrected chi connectivity index (χ4v) is 3.43. The molecule has 2 aromatic rings. The average molecular weight is 349 g/mol. The quantitative estimate of drug-likeness (QED) is 0.867. The summed E-state index contributed by atoms with van der Waals surface area (Å²) in [6, 6.07) is 10.7. The van der Waals surface area contributed by atoms with E-state index in [-0.39, 0.29) is 10.5 Å². The number of anilines is 1. The number of sulfonamides is 1. The standard InChI is InChI=1S/C17H19NO5S/c1-4-23-14-8-6-13(7-9-14)18(3)24(21,22)15-10-5-12(2)16(11-15)17(19)20/h5-11H,4H2,1-3H3,(H,19,20). The van der Waals surface area contributed by atoms with Gasteiger partial charge >= 0.3 is 5.97 Å². The largest absolute Gasteiger partial charge is 0.494 e. The number of carbonyl (C=O) groups is 1. The molecule has 0 amide bonds. The minimum atomic E-state index is -3.86. The second kappa shape index (κ2) is 6.92. The number of hydrogen-bond donors (Lipinski definition) is 1. The highest BCUT2D eigenvalue weighted by molar-refractivity contribution is 7.92. The number of hydrogen-bond acceptors (Lipinski definition) is 4. The first-order valence-corrected chi connectivity index (χ1v) is 8.77. The van der Waals surface area contributed by atoms with E-state index in [4.69, 9.17) is 4.74 Å². The third-order valence-electron chi connectivity index (χ3n) is 3.61. The van der Waals surface area contributed by atoms with Gasteiger partial charge in [0, 0.05) is 7.05 Å². The smallest absolute Gasteiger partial charge is 0.335 e. The Morgan fingerprint density at radius 2 is 1.79 bits per heavy atom. The van der Waals surface area contributed by atoms with E-state index in [0.29, 0.717) is 23.6 Å². The summed E-state index contributed by atoms with van der Waals surface area (Å²) in [7, 11) is -2.44. The molecule has 0 aromatic heterocycles. The molecule has 0 unspecified atom stereocenters. The van der Waals surface area contributed by atoms with Gasteiger partial charge in [-0.25, -0.2) is 13.2 Å². The summed E-state index contributed by atoms with van der Waals surface area (Å²) in [6.07, 6.45) is 0. The van der Waals surface area contributed by atoms with Crippen molar-refractivity contribution >= 4 is 21.7 Å². The molecule has 7 heteroatoms. The van der Waals surface area contributed by atoms with Crippen molar-refractivity contribution in [1.82, 2.24) is 0 Å². The number of aromatic carboxylic acids is 1. The molecule has 24 heavy (non-hydrogen) atoms. The van der Waals surface area contributed by atoms with Gasteiger partial charge in [-0.15, -0.1) is 0 Å². The fraction of sp³-hybridized carbons (Fsp3) is 0.235. The van der Waals surface area contributed by atoms with E-state index in [1.807, 2.05) is 6.92 Å². The van der Waals surface area contributed by atoms with Crippen LogP contribution in [0.1, 0.15) is 22.8 Å². The van der Waals surface area contributed by atoms with Crippen LogP contribution < -0.4 is 9.04 Å². The van der Waals surface area contributed by atoms with E-state index in [1.54, 1.807) is 31.2 Å². The lowest BCUT2D eigenvalue weighted by Gasteiger charge is -2.20. The first kappa shape index (κ1) is 17.8. The maximum Gasteiger partial charge on any atom is 0.335 e. The third-order valence-corrected chi connectivity index (χ3v) is 5.39. The lowest BCUT2D eigenvalue weighted by Crippen LogP contribution is -2.26. The number of benzene rings is 2. The molecule has 0 saturated heterocycles. The maximum atomic E-state index is 12.7. The van der Waals surface area contributed by atoms with Gasteiger partial charge in [-0.1, -0.05) is 6.07 Å². The molecule has 2 rings (SSSR count). The predicted molar refractivity (Wildman–Crippen MR) is 91.3 cm³/mol. The number of nitrogens with zero attached hydrogens (tertiary/aromatic N) is 1. The monoisotopic (exact) mass is 349 g/mol. The molecule has 0 aliphatic rings. The van der Waals surface area contributed by atoms with E-state index >= 15 is 0 Å². The van der Waals surface area contributed by atoms with Gasteiger partial charge in [-0.2, -0.15) is 0 Å². The lowest BCUT2D eigenvalue weighted by atomic mass is 10.1. The average Bonchev–Trinajstić information content (AvgIpc) is 2.55. The second-order valence-electron chi connectivity index (χ2n) is 5.18. The van der Waals surface area contributed by atoms with Crippen molar-refractivity contribution < 1.29 is 23.1 Å². The summed E-state index contributed by atoms with van der Waals surface area (Å²) in [6.45, 7) is 4.01. The van der Waals surface area contributed by atoms with Crippen LogP contribution in [0, 0.1) is 6.92 Å². The van der Waals surface area contributed by atoms with Crippen LogP contribution >= 0.6 is 0 Å². The Hall–Kier alpha value is -2.54. The molecule has 0 radical (unpaired) electrons. The molecule has 0 aliphatic heterocycles. The molecule has 128 valence electrons. The minimum absolute atomic E-state index is 0.0313. The molecular formula is C17H19NO5S. The zero-order valence-electron chi connectivity index (χ0n) is 13.7. The molecule has 0 bridgehead atoms. The molecule has 1 N–H and O–H groups in total. The van der Waals surface area contributed by atoms with Crippen molar-refractivity contribution in [3.8, 4) is 5.75 Å². The molecule has 2 aromatic carbocycles. The molecule has 0 spiro atoms. The van der Waals surface area contributed by atoms with Crippen molar-refractivity contribution in [1.29, 1.82) is 0 Å². The topological polar surface area (TPSA) is 83.9 Å². The lowest BCUT2D eigenvalue weighted by molar-refractivity contribution is 0.0696. The molecular weight excluding hydrogens is 330 g/mol. The summed E-state index contributed by atoms with van der Waals surface area (Å²) in [4.78, 5) is 11.1. The van der Waals surface area contributed by atoms with Crippen LogP contribution in [-0.2, 0) is 10.0 Å². The van der Waals surface area contributed by atoms with Crippen molar-refractivity contribution in [3.05, 3.63) is 53.6 Å². The summed E-state index contributed by atoms with van der Waals surface area (Å²) >= 11 is 0. The molecule has 0 saturated carbocycles. The highest BCUT2D eigenvalue weighted by atomic mass is 32.2. The van der Waals surface area contributed by atoms with E-state index in [1.165, 1.54) is 25.2 Å². The Morgan fingerprint density at radius 1 is 1.17 bits per heavy atom. The Morgan fingerprint density at radius 3 is 2.33 bits per heavy atom. The molecule has 0 aliphatic carbocycles. The van der Waals surface area contributed by atoms with E-state index in [9.17, 15) is 18.3 Å². The van der Waals surface area contributed by atoms with Gasteiger partial charge in [0.1, 0.15) is 5.75 Å². The van der Waals surface area contributed by atoms with Gasteiger partial charge in [0.05, 0.1) is 22.8 Å². The molecule has 0 atom stereocenters. The van der Waals surface area contributed by atoms with Gasteiger partial charge in [-0.3, -0.25) is 4.31 Å².